The lowest BCUT2D eigenvalue weighted by molar-refractivity contribution is -0.383. The third-order valence-corrected chi connectivity index (χ3v) is 3.37. The zero-order valence-corrected chi connectivity index (χ0v) is 10.8. The number of hydrogen-bond donors (Lipinski definition) is 3. The summed E-state index contributed by atoms with van der Waals surface area (Å²) in [5.41, 5.74) is 6.60. The number of aliphatic hydroxyl groups excluding tert-OH is 1. The highest BCUT2D eigenvalue weighted by atomic mass is 32.1. The highest BCUT2D eigenvalue weighted by Gasteiger charge is 2.18. The zero-order chi connectivity index (χ0) is 13.8. The average Bonchev–Trinajstić information content (AvgIpc) is 2.89. The molecule has 2 aromatic rings. The summed E-state index contributed by atoms with van der Waals surface area (Å²) in [7, 11) is 0. The number of benzene rings is 1. The van der Waals surface area contributed by atoms with Gasteiger partial charge in [-0.3, -0.25) is 10.1 Å². The summed E-state index contributed by atoms with van der Waals surface area (Å²) >= 11 is 1.48. The molecule has 0 saturated carbocycles. The number of para-hydroxylation sites is 1. The molecule has 0 bridgehead atoms. The molecular formula is C12H13N3O3S. The monoisotopic (exact) mass is 279 g/mol. The van der Waals surface area contributed by atoms with Crippen molar-refractivity contribution in [1.82, 2.24) is 0 Å². The summed E-state index contributed by atoms with van der Waals surface area (Å²) in [6.07, 6.45) is -0.715. The topological polar surface area (TPSA) is 101 Å². The number of nitro benzene ring substituents is 1. The van der Waals surface area contributed by atoms with Crippen LogP contribution in [0.25, 0.3) is 0 Å². The predicted molar refractivity (Wildman–Crippen MR) is 75.3 cm³/mol. The molecule has 0 aliphatic rings. The fourth-order valence-electron chi connectivity index (χ4n) is 1.70. The molecule has 7 heteroatoms. The van der Waals surface area contributed by atoms with Crippen LogP contribution < -0.4 is 11.1 Å². The third kappa shape index (κ3) is 3.01. The van der Waals surface area contributed by atoms with Gasteiger partial charge in [0.2, 0.25) is 0 Å². The summed E-state index contributed by atoms with van der Waals surface area (Å²) in [5, 5.41) is 27.4. The molecule has 1 aromatic carbocycles. The van der Waals surface area contributed by atoms with Crippen LogP contribution in [0.5, 0.6) is 0 Å². The molecule has 0 radical (unpaired) electrons. The highest BCUT2D eigenvalue weighted by molar-refractivity contribution is 7.07. The molecule has 0 aliphatic carbocycles. The van der Waals surface area contributed by atoms with E-state index in [4.69, 9.17) is 5.73 Å². The van der Waals surface area contributed by atoms with Crippen molar-refractivity contribution in [3.63, 3.8) is 0 Å². The second-order valence-corrected chi connectivity index (χ2v) is 4.73. The summed E-state index contributed by atoms with van der Waals surface area (Å²) in [5.74, 6) is 0. The minimum atomic E-state index is -0.715. The number of hydrogen-bond acceptors (Lipinski definition) is 6. The van der Waals surface area contributed by atoms with E-state index in [-0.39, 0.29) is 17.9 Å². The van der Waals surface area contributed by atoms with Crippen molar-refractivity contribution in [2.75, 3.05) is 17.6 Å². The van der Waals surface area contributed by atoms with E-state index >= 15 is 0 Å². The molecule has 0 saturated heterocycles. The molecule has 4 N–H and O–H groups in total. The van der Waals surface area contributed by atoms with Crippen molar-refractivity contribution in [2.24, 2.45) is 0 Å². The van der Waals surface area contributed by atoms with E-state index in [1.165, 1.54) is 17.4 Å². The van der Waals surface area contributed by atoms with Crippen molar-refractivity contribution in [1.29, 1.82) is 0 Å². The Bertz CT molecular complexity index is 572. The summed E-state index contributed by atoms with van der Waals surface area (Å²) < 4.78 is 0. The Morgan fingerprint density at radius 2 is 2.26 bits per heavy atom. The van der Waals surface area contributed by atoms with Gasteiger partial charge >= 0.3 is 5.69 Å². The van der Waals surface area contributed by atoms with Crippen LogP contribution in [0.1, 0.15) is 11.7 Å². The van der Waals surface area contributed by atoms with Gasteiger partial charge in [-0.15, -0.1) is 0 Å². The van der Waals surface area contributed by atoms with Gasteiger partial charge in [-0.2, -0.15) is 11.3 Å². The van der Waals surface area contributed by atoms with Crippen LogP contribution in [0, 0.1) is 10.1 Å². The van der Waals surface area contributed by atoms with Crippen molar-refractivity contribution in [3.8, 4) is 0 Å². The minimum Gasteiger partial charge on any atom is -0.393 e. The number of nitrogens with zero attached hydrogens (tertiary/aromatic N) is 1. The Kier molecular flexibility index (Phi) is 3.98. The molecule has 6 nitrogen and oxygen atoms in total. The van der Waals surface area contributed by atoms with Crippen LogP contribution in [-0.2, 0) is 0 Å². The highest BCUT2D eigenvalue weighted by Crippen LogP contribution is 2.30. The van der Waals surface area contributed by atoms with Gasteiger partial charge < -0.3 is 16.2 Å². The molecule has 1 unspecified atom stereocenters. The predicted octanol–water partition coefficient (Wildman–Crippen LogP) is 2.38. The smallest absolute Gasteiger partial charge is 0.314 e. The number of aliphatic hydroxyl groups is 1. The van der Waals surface area contributed by atoms with Crippen molar-refractivity contribution >= 4 is 28.4 Å². The first kappa shape index (κ1) is 13.3. The van der Waals surface area contributed by atoms with E-state index in [2.05, 4.69) is 5.32 Å². The van der Waals surface area contributed by atoms with Gasteiger partial charge in [-0.1, -0.05) is 6.07 Å². The maximum atomic E-state index is 10.9. The van der Waals surface area contributed by atoms with Crippen LogP contribution in [0.15, 0.2) is 35.0 Å². The Morgan fingerprint density at radius 1 is 1.47 bits per heavy atom. The minimum absolute atomic E-state index is 0.0972. The standard InChI is InChI=1S/C12H13N3O3S/c13-9-2-1-3-10(12(9)15(17)18)14-6-11(16)8-4-5-19-7-8/h1-5,7,11,14,16H,6,13H2. The number of nitrogens with two attached hydrogens (primary N) is 1. The molecule has 0 spiro atoms. The van der Waals surface area contributed by atoms with E-state index in [1.54, 1.807) is 12.1 Å². The molecule has 0 fully saturated rings. The van der Waals surface area contributed by atoms with Crippen molar-refractivity contribution in [3.05, 3.63) is 50.7 Å². The van der Waals surface area contributed by atoms with Crippen LogP contribution in [0.4, 0.5) is 17.1 Å². The Hall–Kier alpha value is -2.12. The van der Waals surface area contributed by atoms with Gasteiger partial charge in [0.15, 0.2) is 0 Å². The van der Waals surface area contributed by atoms with Crippen LogP contribution in [0.3, 0.4) is 0 Å². The lowest BCUT2D eigenvalue weighted by atomic mass is 10.2. The lowest BCUT2D eigenvalue weighted by Crippen LogP contribution is -2.13. The number of nitro groups is 1. The summed E-state index contributed by atoms with van der Waals surface area (Å²) in [6, 6.07) is 6.47. The maximum Gasteiger partial charge on any atom is 0.314 e. The molecule has 19 heavy (non-hydrogen) atoms. The largest absolute Gasteiger partial charge is 0.393 e. The Morgan fingerprint density at radius 3 is 2.89 bits per heavy atom. The first-order chi connectivity index (χ1) is 9.09. The zero-order valence-electron chi connectivity index (χ0n) is 9.95. The SMILES string of the molecule is Nc1cccc(NCC(O)c2ccsc2)c1[N+](=O)[O-]. The lowest BCUT2D eigenvalue weighted by Gasteiger charge is -2.12. The number of nitrogens with one attached hydrogen (secondary N) is 1. The summed E-state index contributed by atoms with van der Waals surface area (Å²) in [6.45, 7) is 0.182. The average molecular weight is 279 g/mol. The van der Waals surface area contributed by atoms with Crippen LogP contribution in [-0.4, -0.2) is 16.6 Å². The van der Waals surface area contributed by atoms with Crippen LogP contribution >= 0.6 is 11.3 Å². The Balaban J connectivity index is 2.12. The first-order valence-corrected chi connectivity index (χ1v) is 6.51. The van der Waals surface area contributed by atoms with Gasteiger partial charge in [0, 0.05) is 6.54 Å². The summed E-state index contributed by atoms with van der Waals surface area (Å²) in [4.78, 5) is 10.4. The molecule has 0 aliphatic heterocycles. The molecule has 100 valence electrons. The number of thiophene rings is 1. The number of nitrogen functional groups attached to an aromatic ring is 1. The van der Waals surface area contributed by atoms with Crippen molar-refractivity contribution in [2.45, 2.75) is 6.10 Å². The molecule has 2 rings (SSSR count). The molecule has 0 amide bonds. The second-order valence-electron chi connectivity index (χ2n) is 3.95. The van der Waals surface area contributed by atoms with Gasteiger partial charge in [0.25, 0.3) is 0 Å². The molecule has 1 atom stereocenters. The van der Waals surface area contributed by atoms with Gasteiger partial charge in [0.05, 0.1) is 11.0 Å². The number of rotatable bonds is 5. The van der Waals surface area contributed by atoms with E-state index in [1.807, 2.05) is 16.8 Å². The second kappa shape index (κ2) is 5.68. The quantitative estimate of drug-likeness (QED) is 0.443. The normalized spacial score (nSPS) is 12.1. The van der Waals surface area contributed by atoms with Gasteiger partial charge in [-0.25, -0.2) is 0 Å². The van der Waals surface area contributed by atoms with Crippen LogP contribution in [0.2, 0.25) is 0 Å². The van der Waals surface area contributed by atoms with E-state index in [9.17, 15) is 15.2 Å². The molecule has 1 aromatic heterocycles. The third-order valence-electron chi connectivity index (χ3n) is 2.66. The van der Waals surface area contributed by atoms with E-state index in [0.29, 0.717) is 5.69 Å². The van der Waals surface area contributed by atoms with Crippen molar-refractivity contribution < 1.29 is 10.0 Å². The molecular weight excluding hydrogens is 266 g/mol. The fourth-order valence-corrected chi connectivity index (χ4v) is 2.40. The first-order valence-electron chi connectivity index (χ1n) is 5.56. The molecule has 1 heterocycles. The number of anilines is 2. The van der Waals surface area contributed by atoms with E-state index < -0.39 is 11.0 Å². The maximum absolute atomic E-state index is 10.9. The fraction of sp³-hybridized carbons (Fsp3) is 0.167. The van der Waals surface area contributed by atoms with Gasteiger partial charge in [0.1, 0.15) is 11.4 Å². The van der Waals surface area contributed by atoms with Gasteiger partial charge in [-0.05, 0) is 34.5 Å². The Labute approximate surface area is 113 Å². The van der Waals surface area contributed by atoms with E-state index in [0.717, 1.165) is 5.56 Å².